The van der Waals surface area contributed by atoms with E-state index in [-0.39, 0.29) is 11.3 Å². The number of β-lactam (4-membered cyclic amide) rings is 1. The van der Waals surface area contributed by atoms with Gasteiger partial charge in [-0.25, -0.2) is 0 Å². The summed E-state index contributed by atoms with van der Waals surface area (Å²) in [6.07, 6.45) is 0. The normalized spacial score (nSPS) is 27.6. The summed E-state index contributed by atoms with van der Waals surface area (Å²) in [6, 6.07) is 9.89. The Labute approximate surface area is 71.6 Å². The molecule has 2 rings (SSSR count). The standard InChI is InChI=1S/C10H11NO/c1-10(7-11-9(10)12)8-5-3-2-4-6-8/h2-6H,7H2,1H3,(H,11,12)/t10-/m1/s1. The number of amides is 1. The van der Waals surface area contributed by atoms with Crippen molar-refractivity contribution in [3.8, 4) is 0 Å². The fourth-order valence-corrected chi connectivity index (χ4v) is 1.46. The van der Waals surface area contributed by atoms with Crippen LogP contribution in [-0.2, 0) is 10.2 Å². The van der Waals surface area contributed by atoms with Crippen LogP contribution in [0.4, 0.5) is 0 Å². The van der Waals surface area contributed by atoms with Crippen molar-refractivity contribution >= 4 is 5.91 Å². The molecule has 1 atom stereocenters. The van der Waals surface area contributed by atoms with E-state index in [1.165, 1.54) is 0 Å². The SMILES string of the molecule is C[C@]1(c2ccccc2)CNC1=O. The predicted molar refractivity (Wildman–Crippen MR) is 46.8 cm³/mol. The first-order valence-electron chi connectivity index (χ1n) is 4.07. The van der Waals surface area contributed by atoms with Gasteiger partial charge < -0.3 is 5.32 Å². The molecule has 1 aromatic rings. The van der Waals surface area contributed by atoms with Crippen LogP contribution in [0.3, 0.4) is 0 Å². The van der Waals surface area contributed by atoms with Crippen LogP contribution in [0.1, 0.15) is 12.5 Å². The minimum Gasteiger partial charge on any atom is -0.354 e. The molecule has 1 aromatic carbocycles. The summed E-state index contributed by atoms with van der Waals surface area (Å²) >= 11 is 0. The van der Waals surface area contributed by atoms with Crippen molar-refractivity contribution in [1.29, 1.82) is 0 Å². The highest BCUT2D eigenvalue weighted by Crippen LogP contribution is 2.28. The molecule has 0 bridgehead atoms. The Bertz CT molecular complexity index is 307. The van der Waals surface area contributed by atoms with Gasteiger partial charge in [-0.1, -0.05) is 30.3 Å². The smallest absolute Gasteiger partial charge is 0.232 e. The van der Waals surface area contributed by atoms with Gasteiger partial charge in [-0.3, -0.25) is 4.79 Å². The molecule has 0 radical (unpaired) electrons. The molecule has 1 fully saturated rings. The summed E-state index contributed by atoms with van der Waals surface area (Å²) in [5.41, 5.74) is 0.829. The van der Waals surface area contributed by atoms with Crippen LogP contribution in [0.15, 0.2) is 30.3 Å². The third-order valence-corrected chi connectivity index (χ3v) is 2.51. The molecule has 1 amide bonds. The van der Waals surface area contributed by atoms with Gasteiger partial charge >= 0.3 is 0 Å². The van der Waals surface area contributed by atoms with Crippen molar-refractivity contribution in [1.82, 2.24) is 5.32 Å². The molecule has 12 heavy (non-hydrogen) atoms. The third kappa shape index (κ3) is 0.843. The summed E-state index contributed by atoms with van der Waals surface area (Å²) in [4.78, 5) is 11.2. The van der Waals surface area contributed by atoms with Crippen LogP contribution in [0.5, 0.6) is 0 Å². The minimum atomic E-state index is -0.277. The van der Waals surface area contributed by atoms with Gasteiger partial charge in [0.2, 0.25) is 5.91 Å². The van der Waals surface area contributed by atoms with Crippen LogP contribution in [0.25, 0.3) is 0 Å². The molecule has 0 unspecified atom stereocenters. The zero-order valence-electron chi connectivity index (χ0n) is 7.00. The van der Waals surface area contributed by atoms with E-state index in [1.807, 2.05) is 37.3 Å². The van der Waals surface area contributed by atoms with E-state index in [1.54, 1.807) is 0 Å². The first kappa shape index (κ1) is 7.35. The molecule has 62 valence electrons. The number of hydrogen-bond donors (Lipinski definition) is 1. The van der Waals surface area contributed by atoms with E-state index in [4.69, 9.17) is 0 Å². The second kappa shape index (κ2) is 2.34. The number of carbonyl (C=O) groups excluding carboxylic acids is 1. The van der Waals surface area contributed by atoms with Crippen molar-refractivity contribution in [2.75, 3.05) is 6.54 Å². The van der Waals surface area contributed by atoms with Crippen molar-refractivity contribution in [2.24, 2.45) is 0 Å². The van der Waals surface area contributed by atoms with Gasteiger partial charge in [0.25, 0.3) is 0 Å². The van der Waals surface area contributed by atoms with Crippen molar-refractivity contribution in [2.45, 2.75) is 12.3 Å². The summed E-state index contributed by atoms with van der Waals surface area (Å²) in [5.74, 6) is 0.133. The number of rotatable bonds is 1. The second-order valence-electron chi connectivity index (χ2n) is 3.38. The van der Waals surface area contributed by atoms with E-state index in [0.717, 1.165) is 12.1 Å². The molecule has 0 spiro atoms. The summed E-state index contributed by atoms with van der Waals surface area (Å²) < 4.78 is 0. The lowest BCUT2D eigenvalue weighted by atomic mass is 9.76. The maximum Gasteiger partial charge on any atom is 0.232 e. The number of hydrogen-bond acceptors (Lipinski definition) is 1. The van der Waals surface area contributed by atoms with E-state index >= 15 is 0 Å². The van der Waals surface area contributed by atoms with E-state index < -0.39 is 0 Å². The first-order valence-corrected chi connectivity index (χ1v) is 4.07. The van der Waals surface area contributed by atoms with Gasteiger partial charge in [-0.15, -0.1) is 0 Å². The van der Waals surface area contributed by atoms with Crippen LogP contribution >= 0.6 is 0 Å². The Hall–Kier alpha value is -1.31. The quantitative estimate of drug-likeness (QED) is 0.613. The lowest BCUT2D eigenvalue weighted by Gasteiger charge is -2.37. The van der Waals surface area contributed by atoms with Gasteiger partial charge in [0.05, 0.1) is 5.41 Å². The largest absolute Gasteiger partial charge is 0.354 e. The van der Waals surface area contributed by atoms with Crippen molar-refractivity contribution < 1.29 is 4.79 Å². The molecule has 0 saturated carbocycles. The molecular formula is C10H11NO. The fourth-order valence-electron chi connectivity index (χ4n) is 1.46. The van der Waals surface area contributed by atoms with Gasteiger partial charge in [0.1, 0.15) is 0 Å². The molecule has 2 heteroatoms. The van der Waals surface area contributed by atoms with Gasteiger partial charge in [0.15, 0.2) is 0 Å². The molecular weight excluding hydrogens is 150 g/mol. The zero-order chi connectivity index (χ0) is 8.60. The Morgan fingerprint density at radius 1 is 1.33 bits per heavy atom. The molecule has 1 aliphatic heterocycles. The summed E-state index contributed by atoms with van der Waals surface area (Å²) in [5, 5.41) is 2.76. The average molecular weight is 161 g/mol. The van der Waals surface area contributed by atoms with Crippen molar-refractivity contribution in [3.63, 3.8) is 0 Å². The highest BCUT2D eigenvalue weighted by Gasteiger charge is 2.42. The van der Waals surface area contributed by atoms with Crippen LogP contribution in [0.2, 0.25) is 0 Å². The lowest BCUT2D eigenvalue weighted by molar-refractivity contribution is -0.132. The van der Waals surface area contributed by atoms with E-state index in [9.17, 15) is 4.79 Å². The van der Waals surface area contributed by atoms with Crippen molar-refractivity contribution in [3.05, 3.63) is 35.9 Å². The molecule has 0 aromatic heterocycles. The number of carbonyl (C=O) groups is 1. The Kier molecular flexibility index (Phi) is 1.43. The minimum absolute atomic E-state index is 0.133. The maximum atomic E-state index is 11.2. The maximum absolute atomic E-state index is 11.2. The zero-order valence-corrected chi connectivity index (χ0v) is 7.00. The Morgan fingerprint density at radius 3 is 2.42 bits per heavy atom. The van der Waals surface area contributed by atoms with E-state index in [0.29, 0.717) is 0 Å². The third-order valence-electron chi connectivity index (χ3n) is 2.51. The van der Waals surface area contributed by atoms with Gasteiger partial charge in [-0.2, -0.15) is 0 Å². The molecule has 1 N–H and O–H groups in total. The highest BCUT2D eigenvalue weighted by atomic mass is 16.2. The second-order valence-corrected chi connectivity index (χ2v) is 3.38. The average Bonchev–Trinajstić information content (AvgIpc) is 2.16. The summed E-state index contributed by atoms with van der Waals surface area (Å²) in [6.45, 7) is 2.73. The Morgan fingerprint density at radius 2 is 2.00 bits per heavy atom. The number of nitrogens with one attached hydrogen (secondary N) is 1. The molecule has 0 aliphatic carbocycles. The monoisotopic (exact) mass is 161 g/mol. The molecule has 1 heterocycles. The van der Waals surface area contributed by atoms with Gasteiger partial charge in [0, 0.05) is 6.54 Å². The topological polar surface area (TPSA) is 29.1 Å². The van der Waals surface area contributed by atoms with Gasteiger partial charge in [-0.05, 0) is 12.5 Å². The van der Waals surface area contributed by atoms with Crippen LogP contribution in [0, 0.1) is 0 Å². The Balaban J connectivity index is 2.37. The fraction of sp³-hybridized carbons (Fsp3) is 0.300. The molecule has 1 aliphatic rings. The first-order chi connectivity index (χ1) is 5.73. The van der Waals surface area contributed by atoms with E-state index in [2.05, 4.69) is 5.32 Å². The molecule has 1 saturated heterocycles. The lowest BCUT2D eigenvalue weighted by Crippen LogP contribution is -2.60. The summed E-state index contributed by atoms with van der Waals surface area (Å²) in [7, 11) is 0. The number of benzene rings is 1. The molecule has 2 nitrogen and oxygen atoms in total. The highest BCUT2D eigenvalue weighted by molar-refractivity contribution is 5.93. The van der Waals surface area contributed by atoms with Crippen LogP contribution < -0.4 is 5.32 Å². The predicted octanol–water partition coefficient (Wildman–Crippen LogP) is 1.07. The van der Waals surface area contributed by atoms with Crippen LogP contribution in [-0.4, -0.2) is 12.5 Å².